The lowest BCUT2D eigenvalue weighted by Gasteiger charge is -2.10. The van der Waals surface area contributed by atoms with Gasteiger partial charge in [-0.15, -0.1) is 5.10 Å². The lowest BCUT2D eigenvalue weighted by atomic mass is 9.95. The highest BCUT2D eigenvalue weighted by atomic mass is 32.1. The standard InChI is InChI=1S/C31H27N5O2S/c1-5-38-25-13-11-22(12-14-25)29-32-31-36(34-29)30(37)26(39-31)17-23-18-35(24-9-7-6-8-10-24)33-28(23)27-20(3)15-19(2)16-21(27)4/h6-18H,5H2,1-4H3/b26-17-. The van der Waals surface area contributed by atoms with Crippen molar-refractivity contribution in [2.75, 3.05) is 6.61 Å². The maximum atomic E-state index is 13.4. The molecule has 0 fully saturated rings. The van der Waals surface area contributed by atoms with Crippen molar-refractivity contribution in [3.05, 3.63) is 110 Å². The zero-order valence-electron chi connectivity index (χ0n) is 22.2. The summed E-state index contributed by atoms with van der Waals surface area (Å²) in [6, 6.07) is 21.9. The minimum Gasteiger partial charge on any atom is -0.494 e. The molecule has 7 nitrogen and oxygen atoms in total. The Bertz CT molecular complexity index is 1890. The minimum absolute atomic E-state index is 0.199. The summed E-state index contributed by atoms with van der Waals surface area (Å²) in [7, 11) is 0. The number of benzene rings is 3. The molecular formula is C31H27N5O2S. The average molecular weight is 534 g/mol. The fraction of sp³-hybridized carbons (Fsp3) is 0.161. The largest absolute Gasteiger partial charge is 0.494 e. The molecule has 3 heterocycles. The molecule has 0 aliphatic carbocycles. The second kappa shape index (κ2) is 9.96. The Morgan fingerprint density at radius 3 is 2.33 bits per heavy atom. The molecule has 0 saturated heterocycles. The van der Waals surface area contributed by atoms with E-state index in [2.05, 4.69) is 43.0 Å². The van der Waals surface area contributed by atoms with Crippen LogP contribution in [0.2, 0.25) is 0 Å². The molecule has 0 atom stereocenters. The lowest BCUT2D eigenvalue weighted by Crippen LogP contribution is -2.23. The van der Waals surface area contributed by atoms with Crippen LogP contribution < -0.4 is 14.8 Å². The summed E-state index contributed by atoms with van der Waals surface area (Å²) in [5, 5.41) is 9.50. The van der Waals surface area contributed by atoms with Crippen molar-refractivity contribution in [2.45, 2.75) is 27.7 Å². The normalized spacial score (nSPS) is 11.9. The average Bonchev–Trinajstić information content (AvgIpc) is 3.60. The smallest absolute Gasteiger partial charge is 0.291 e. The molecule has 194 valence electrons. The molecule has 6 rings (SSSR count). The third-order valence-corrected chi connectivity index (χ3v) is 7.53. The molecule has 8 heteroatoms. The van der Waals surface area contributed by atoms with Gasteiger partial charge in [-0.2, -0.15) is 14.6 Å². The molecule has 0 N–H and O–H groups in total. The van der Waals surface area contributed by atoms with Gasteiger partial charge in [0.2, 0.25) is 4.96 Å². The van der Waals surface area contributed by atoms with Crippen LogP contribution in [0.1, 0.15) is 29.2 Å². The molecule has 0 bridgehead atoms. The molecule has 0 amide bonds. The molecule has 0 saturated carbocycles. The summed E-state index contributed by atoms with van der Waals surface area (Å²) in [6.45, 7) is 8.85. The quantitative estimate of drug-likeness (QED) is 0.281. The van der Waals surface area contributed by atoms with E-state index in [1.807, 2.05) is 78.5 Å². The number of fused-ring (bicyclic) bond motifs is 1. The first-order chi connectivity index (χ1) is 18.9. The van der Waals surface area contributed by atoms with E-state index >= 15 is 0 Å². The number of thiazole rings is 1. The molecule has 0 unspecified atom stereocenters. The van der Waals surface area contributed by atoms with Gasteiger partial charge in [0, 0.05) is 22.9 Å². The molecule has 0 aliphatic rings. The van der Waals surface area contributed by atoms with Gasteiger partial charge in [0.15, 0.2) is 5.82 Å². The summed E-state index contributed by atoms with van der Waals surface area (Å²) in [5.74, 6) is 1.30. The first-order valence-corrected chi connectivity index (χ1v) is 13.6. The Balaban J connectivity index is 1.47. The van der Waals surface area contributed by atoms with E-state index < -0.39 is 0 Å². The van der Waals surface area contributed by atoms with Gasteiger partial charge >= 0.3 is 0 Å². The van der Waals surface area contributed by atoms with Crippen LogP contribution >= 0.6 is 11.3 Å². The van der Waals surface area contributed by atoms with Gasteiger partial charge in [-0.25, -0.2) is 4.68 Å². The Morgan fingerprint density at radius 2 is 1.67 bits per heavy atom. The predicted molar refractivity (Wildman–Crippen MR) is 156 cm³/mol. The zero-order valence-corrected chi connectivity index (χ0v) is 23.0. The Morgan fingerprint density at radius 1 is 0.949 bits per heavy atom. The number of hydrogen-bond acceptors (Lipinski definition) is 6. The highest BCUT2D eigenvalue weighted by molar-refractivity contribution is 7.15. The van der Waals surface area contributed by atoms with Crippen LogP contribution in [-0.2, 0) is 0 Å². The summed E-state index contributed by atoms with van der Waals surface area (Å²) in [5.41, 5.74) is 7.85. The van der Waals surface area contributed by atoms with Crippen LogP contribution in [0.4, 0.5) is 0 Å². The van der Waals surface area contributed by atoms with Crippen molar-refractivity contribution in [1.82, 2.24) is 24.4 Å². The Labute approximate surface area is 229 Å². The van der Waals surface area contributed by atoms with Gasteiger partial charge in [0.05, 0.1) is 16.8 Å². The third-order valence-electron chi connectivity index (χ3n) is 6.57. The number of aromatic nitrogens is 5. The van der Waals surface area contributed by atoms with Crippen molar-refractivity contribution < 1.29 is 4.74 Å². The SMILES string of the molecule is CCOc1ccc(-c2nc3s/c(=C\c4cn(-c5ccccc5)nc4-c4c(C)cc(C)cc4C)c(=O)n3n2)cc1. The summed E-state index contributed by atoms with van der Waals surface area (Å²) >= 11 is 1.32. The second-order valence-electron chi connectivity index (χ2n) is 9.49. The number of hydrogen-bond donors (Lipinski definition) is 0. The van der Waals surface area contributed by atoms with Crippen molar-refractivity contribution in [3.63, 3.8) is 0 Å². The fourth-order valence-electron chi connectivity index (χ4n) is 4.92. The van der Waals surface area contributed by atoms with Crippen molar-refractivity contribution >= 4 is 22.4 Å². The van der Waals surface area contributed by atoms with Crippen LogP contribution in [0, 0.1) is 20.8 Å². The van der Waals surface area contributed by atoms with Crippen LogP contribution in [-0.4, -0.2) is 31.0 Å². The van der Waals surface area contributed by atoms with Gasteiger partial charge in [-0.05, 0) is 81.3 Å². The van der Waals surface area contributed by atoms with E-state index in [0.29, 0.717) is 21.9 Å². The summed E-state index contributed by atoms with van der Waals surface area (Å²) in [4.78, 5) is 18.6. The van der Waals surface area contributed by atoms with Gasteiger partial charge in [0.1, 0.15) is 11.4 Å². The van der Waals surface area contributed by atoms with E-state index in [1.165, 1.54) is 21.4 Å². The minimum atomic E-state index is -0.199. The molecule has 39 heavy (non-hydrogen) atoms. The van der Waals surface area contributed by atoms with Gasteiger partial charge in [-0.3, -0.25) is 4.79 Å². The number of rotatable bonds is 6. The number of ether oxygens (including phenoxy) is 1. The predicted octanol–water partition coefficient (Wildman–Crippen LogP) is 5.54. The van der Waals surface area contributed by atoms with Gasteiger partial charge in [-0.1, -0.05) is 47.2 Å². The highest BCUT2D eigenvalue weighted by Crippen LogP contribution is 2.31. The first kappa shape index (κ1) is 24.8. The Kier molecular flexibility index (Phi) is 6.32. The molecule has 3 aromatic heterocycles. The fourth-order valence-corrected chi connectivity index (χ4v) is 5.82. The van der Waals surface area contributed by atoms with E-state index in [-0.39, 0.29) is 5.56 Å². The van der Waals surface area contributed by atoms with Crippen LogP contribution in [0.15, 0.2) is 77.7 Å². The van der Waals surface area contributed by atoms with E-state index in [1.54, 1.807) is 0 Å². The van der Waals surface area contributed by atoms with Gasteiger partial charge in [0.25, 0.3) is 5.56 Å². The second-order valence-corrected chi connectivity index (χ2v) is 10.5. The molecular weight excluding hydrogens is 506 g/mol. The van der Waals surface area contributed by atoms with Gasteiger partial charge < -0.3 is 4.74 Å². The van der Waals surface area contributed by atoms with E-state index in [0.717, 1.165) is 44.9 Å². The number of para-hydroxylation sites is 1. The summed E-state index contributed by atoms with van der Waals surface area (Å²) < 4.78 is 9.32. The maximum Gasteiger partial charge on any atom is 0.291 e. The van der Waals surface area contributed by atoms with E-state index in [4.69, 9.17) is 9.84 Å². The van der Waals surface area contributed by atoms with Crippen molar-refractivity contribution in [3.8, 4) is 34.1 Å². The topological polar surface area (TPSA) is 74.3 Å². The Hall–Kier alpha value is -4.56. The van der Waals surface area contributed by atoms with E-state index in [9.17, 15) is 4.79 Å². The molecule has 0 aliphatic heterocycles. The molecule has 6 aromatic rings. The van der Waals surface area contributed by atoms with Crippen molar-refractivity contribution in [2.24, 2.45) is 0 Å². The lowest BCUT2D eigenvalue weighted by molar-refractivity contribution is 0.340. The summed E-state index contributed by atoms with van der Waals surface area (Å²) in [6.07, 6.45) is 3.88. The third kappa shape index (κ3) is 4.64. The first-order valence-electron chi connectivity index (χ1n) is 12.8. The molecule has 3 aromatic carbocycles. The van der Waals surface area contributed by atoms with Crippen LogP contribution in [0.3, 0.4) is 0 Å². The van der Waals surface area contributed by atoms with Crippen LogP contribution in [0.25, 0.3) is 39.4 Å². The monoisotopic (exact) mass is 533 g/mol. The van der Waals surface area contributed by atoms with Crippen LogP contribution in [0.5, 0.6) is 5.75 Å². The maximum absolute atomic E-state index is 13.4. The molecule has 0 radical (unpaired) electrons. The van der Waals surface area contributed by atoms with Crippen molar-refractivity contribution in [1.29, 1.82) is 0 Å². The molecule has 0 spiro atoms. The number of aryl methyl sites for hydroxylation is 3. The number of nitrogens with zero attached hydrogens (tertiary/aromatic N) is 5. The zero-order chi connectivity index (χ0) is 27.1. The highest BCUT2D eigenvalue weighted by Gasteiger charge is 2.17.